The number of aromatic nitrogens is 3. The summed E-state index contributed by atoms with van der Waals surface area (Å²) in [6.45, 7) is 3.69. The lowest BCUT2D eigenvalue weighted by atomic mass is 9.98. The molecule has 1 unspecified atom stereocenters. The Bertz CT molecular complexity index is 711. The standard InChI is InChI=1S/C20H28N6O/c27-20(26-10-4-2-6-19(26)16-13-22-23-14-16)24-17-7-11-25(12-8-17)15-18-5-1-3-9-21-18/h1,3,5,9,13-14,17,19H,2,4,6-8,10-12,15H2,(H,22,23)(H,24,27). The molecule has 0 radical (unpaired) electrons. The summed E-state index contributed by atoms with van der Waals surface area (Å²) in [6.07, 6.45) is 10.8. The summed E-state index contributed by atoms with van der Waals surface area (Å²) in [5.74, 6) is 0. The molecule has 7 heteroatoms. The van der Waals surface area contributed by atoms with Crippen LogP contribution in [-0.4, -0.2) is 56.7 Å². The van der Waals surface area contributed by atoms with Crippen LogP contribution in [0.4, 0.5) is 4.79 Å². The van der Waals surface area contributed by atoms with Crippen molar-refractivity contribution in [1.29, 1.82) is 0 Å². The number of aromatic amines is 1. The van der Waals surface area contributed by atoms with Crippen LogP contribution in [0.15, 0.2) is 36.8 Å². The first-order valence-electron chi connectivity index (χ1n) is 9.97. The predicted octanol–water partition coefficient (Wildman–Crippen LogP) is 2.71. The van der Waals surface area contributed by atoms with Crippen LogP contribution >= 0.6 is 0 Å². The van der Waals surface area contributed by atoms with Gasteiger partial charge in [0, 0.05) is 50.2 Å². The number of carbonyl (C=O) groups is 1. The van der Waals surface area contributed by atoms with Crippen LogP contribution < -0.4 is 5.32 Å². The fraction of sp³-hybridized carbons (Fsp3) is 0.550. The first kappa shape index (κ1) is 18.0. The highest BCUT2D eigenvalue weighted by molar-refractivity contribution is 5.75. The van der Waals surface area contributed by atoms with Crippen molar-refractivity contribution in [3.05, 3.63) is 48.0 Å². The molecular formula is C20H28N6O. The molecule has 2 aliphatic heterocycles. The minimum absolute atomic E-state index is 0.0732. The lowest BCUT2D eigenvalue weighted by molar-refractivity contribution is 0.138. The van der Waals surface area contributed by atoms with E-state index in [0.717, 1.165) is 69.5 Å². The quantitative estimate of drug-likeness (QED) is 0.870. The van der Waals surface area contributed by atoms with Gasteiger partial charge in [0.15, 0.2) is 0 Å². The molecular weight excluding hydrogens is 340 g/mol. The van der Waals surface area contributed by atoms with Gasteiger partial charge in [-0.3, -0.25) is 15.0 Å². The molecule has 7 nitrogen and oxygen atoms in total. The van der Waals surface area contributed by atoms with E-state index >= 15 is 0 Å². The van der Waals surface area contributed by atoms with E-state index in [1.165, 1.54) is 0 Å². The van der Waals surface area contributed by atoms with Gasteiger partial charge in [-0.2, -0.15) is 5.10 Å². The second-order valence-electron chi connectivity index (χ2n) is 7.56. The number of carbonyl (C=O) groups excluding carboxylic acids is 1. The number of nitrogens with zero attached hydrogens (tertiary/aromatic N) is 4. The Morgan fingerprint density at radius 2 is 2.07 bits per heavy atom. The summed E-state index contributed by atoms with van der Waals surface area (Å²) >= 11 is 0. The molecule has 0 saturated carbocycles. The van der Waals surface area contributed by atoms with Gasteiger partial charge in [-0.25, -0.2) is 4.79 Å². The zero-order chi connectivity index (χ0) is 18.5. The molecule has 0 aliphatic carbocycles. The second kappa shape index (κ2) is 8.52. The molecule has 2 N–H and O–H groups in total. The number of likely N-dealkylation sites (tertiary alicyclic amines) is 2. The maximum Gasteiger partial charge on any atom is 0.318 e. The van der Waals surface area contributed by atoms with Crippen molar-refractivity contribution in [1.82, 2.24) is 30.3 Å². The number of nitrogens with one attached hydrogen (secondary N) is 2. The molecule has 1 atom stereocenters. The van der Waals surface area contributed by atoms with Gasteiger partial charge < -0.3 is 10.2 Å². The van der Waals surface area contributed by atoms with E-state index in [-0.39, 0.29) is 18.1 Å². The minimum Gasteiger partial charge on any atom is -0.335 e. The molecule has 0 bridgehead atoms. The van der Waals surface area contributed by atoms with Crippen LogP contribution in [-0.2, 0) is 6.54 Å². The highest BCUT2D eigenvalue weighted by atomic mass is 16.2. The Hall–Kier alpha value is -2.41. The Balaban J connectivity index is 1.28. The Kier molecular flexibility index (Phi) is 5.67. The van der Waals surface area contributed by atoms with Gasteiger partial charge in [0.25, 0.3) is 0 Å². The fourth-order valence-corrected chi connectivity index (χ4v) is 4.18. The van der Waals surface area contributed by atoms with E-state index in [9.17, 15) is 4.79 Å². The van der Waals surface area contributed by atoms with E-state index < -0.39 is 0 Å². The highest BCUT2D eigenvalue weighted by Gasteiger charge is 2.30. The van der Waals surface area contributed by atoms with E-state index in [1.54, 1.807) is 0 Å². The molecule has 4 rings (SSSR count). The van der Waals surface area contributed by atoms with Crippen LogP contribution in [0.3, 0.4) is 0 Å². The van der Waals surface area contributed by atoms with Crippen molar-refractivity contribution in [3.63, 3.8) is 0 Å². The summed E-state index contributed by atoms with van der Waals surface area (Å²) in [5.41, 5.74) is 2.21. The Labute approximate surface area is 160 Å². The summed E-state index contributed by atoms with van der Waals surface area (Å²) < 4.78 is 0. The number of amides is 2. The maximum absolute atomic E-state index is 12.9. The van der Waals surface area contributed by atoms with E-state index in [0.29, 0.717) is 0 Å². The third kappa shape index (κ3) is 4.47. The van der Waals surface area contributed by atoms with Gasteiger partial charge in [0.1, 0.15) is 0 Å². The van der Waals surface area contributed by atoms with Crippen molar-refractivity contribution in [3.8, 4) is 0 Å². The molecule has 2 saturated heterocycles. The lowest BCUT2D eigenvalue weighted by Crippen LogP contribution is -2.51. The number of hydrogen-bond acceptors (Lipinski definition) is 4. The SMILES string of the molecule is O=C(NC1CCN(Cc2ccccn2)CC1)N1CCCCC1c1cn[nH]c1. The van der Waals surface area contributed by atoms with E-state index in [2.05, 4.69) is 31.5 Å². The number of pyridine rings is 1. The molecule has 2 aromatic rings. The van der Waals surface area contributed by atoms with Gasteiger partial charge in [-0.05, 0) is 44.2 Å². The number of H-pyrrole nitrogens is 1. The molecule has 0 spiro atoms. The fourth-order valence-electron chi connectivity index (χ4n) is 4.18. The van der Waals surface area contributed by atoms with Gasteiger partial charge in [0.05, 0.1) is 17.9 Å². The van der Waals surface area contributed by atoms with E-state index in [4.69, 9.17) is 0 Å². The molecule has 27 heavy (non-hydrogen) atoms. The smallest absolute Gasteiger partial charge is 0.318 e. The van der Waals surface area contributed by atoms with E-state index in [1.807, 2.05) is 35.6 Å². The van der Waals surface area contributed by atoms with Gasteiger partial charge in [-0.1, -0.05) is 6.07 Å². The molecule has 0 aromatic carbocycles. The van der Waals surface area contributed by atoms with Crippen molar-refractivity contribution in [2.75, 3.05) is 19.6 Å². The number of hydrogen-bond donors (Lipinski definition) is 2. The summed E-state index contributed by atoms with van der Waals surface area (Å²) in [5, 5.41) is 10.2. The molecule has 2 aliphatic rings. The average Bonchev–Trinajstić information content (AvgIpc) is 3.25. The third-order valence-corrected chi connectivity index (χ3v) is 5.69. The number of rotatable bonds is 4. The average molecular weight is 368 g/mol. The van der Waals surface area contributed by atoms with Crippen molar-refractivity contribution >= 4 is 6.03 Å². The number of urea groups is 1. The Morgan fingerprint density at radius 3 is 2.81 bits per heavy atom. The highest BCUT2D eigenvalue weighted by Crippen LogP contribution is 2.30. The largest absolute Gasteiger partial charge is 0.335 e. The first-order chi connectivity index (χ1) is 13.3. The maximum atomic E-state index is 12.9. The third-order valence-electron chi connectivity index (χ3n) is 5.69. The molecule has 144 valence electrons. The molecule has 4 heterocycles. The van der Waals surface area contributed by atoms with Gasteiger partial charge in [0.2, 0.25) is 0 Å². The predicted molar refractivity (Wildman–Crippen MR) is 103 cm³/mol. The first-order valence-corrected chi connectivity index (χ1v) is 9.97. The van der Waals surface area contributed by atoms with Crippen LogP contribution in [0.5, 0.6) is 0 Å². The summed E-state index contributed by atoms with van der Waals surface area (Å²) in [7, 11) is 0. The minimum atomic E-state index is 0.0732. The van der Waals surface area contributed by atoms with Crippen LogP contribution in [0.25, 0.3) is 0 Å². The molecule has 2 amide bonds. The normalized spacial score (nSPS) is 21.9. The van der Waals surface area contributed by atoms with Crippen molar-refractivity contribution in [2.24, 2.45) is 0 Å². The zero-order valence-corrected chi connectivity index (χ0v) is 15.7. The monoisotopic (exact) mass is 368 g/mol. The van der Waals surface area contributed by atoms with Crippen LogP contribution in [0.2, 0.25) is 0 Å². The molecule has 2 aromatic heterocycles. The topological polar surface area (TPSA) is 77.2 Å². The van der Waals surface area contributed by atoms with Crippen LogP contribution in [0.1, 0.15) is 49.4 Å². The van der Waals surface area contributed by atoms with Crippen molar-refractivity contribution in [2.45, 2.75) is 50.7 Å². The summed E-state index contributed by atoms with van der Waals surface area (Å²) in [6, 6.07) is 6.52. The van der Waals surface area contributed by atoms with Crippen molar-refractivity contribution < 1.29 is 4.79 Å². The van der Waals surface area contributed by atoms with Crippen LogP contribution in [0, 0.1) is 0 Å². The Morgan fingerprint density at radius 1 is 1.19 bits per heavy atom. The number of piperidine rings is 2. The lowest BCUT2D eigenvalue weighted by Gasteiger charge is -2.38. The summed E-state index contributed by atoms with van der Waals surface area (Å²) in [4.78, 5) is 21.7. The molecule has 2 fully saturated rings. The van der Waals surface area contributed by atoms with Gasteiger partial charge in [-0.15, -0.1) is 0 Å². The zero-order valence-electron chi connectivity index (χ0n) is 15.7. The van der Waals surface area contributed by atoms with Gasteiger partial charge >= 0.3 is 6.03 Å². The second-order valence-corrected chi connectivity index (χ2v) is 7.56.